The van der Waals surface area contributed by atoms with Gasteiger partial charge in [0.05, 0.1) is 11.5 Å². The average molecular weight is 457 g/mol. The molecule has 8 heteroatoms. The van der Waals surface area contributed by atoms with Gasteiger partial charge in [0.25, 0.3) is 0 Å². The van der Waals surface area contributed by atoms with Crippen molar-refractivity contribution in [2.45, 2.75) is 38.3 Å². The van der Waals surface area contributed by atoms with Gasteiger partial charge in [0.1, 0.15) is 11.9 Å². The van der Waals surface area contributed by atoms with Crippen molar-refractivity contribution in [1.82, 2.24) is 15.2 Å². The molecule has 1 aromatic carbocycles. The molecule has 0 bridgehead atoms. The second kappa shape index (κ2) is 10.4. The van der Waals surface area contributed by atoms with Crippen molar-refractivity contribution in [2.75, 3.05) is 42.6 Å². The largest absolute Gasteiger partial charge is 0.357 e. The number of sulfone groups is 1. The minimum Gasteiger partial charge on any atom is -0.357 e. The third-order valence-corrected chi connectivity index (χ3v) is 7.92. The number of hydrogen-bond acceptors (Lipinski definition) is 6. The molecule has 1 unspecified atom stereocenters. The number of hydrogen-bond donors (Lipinski definition) is 1. The maximum Gasteiger partial charge on any atom is 0.242 e. The quantitative estimate of drug-likeness (QED) is 0.719. The molecule has 4 rings (SSSR count). The van der Waals surface area contributed by atoms with Gasteiger partial charge in [0, 0.05) is 38.9 Å². The maximum absolute atomic E-state index is 13.2. The Morgan fingerprint density at radius 3 is 2.25 bits per heavy atom. The van der Waals surface area contributed by atoms with Gasteiger partial charge in [0.2, 0.25) is 5.91 Å². The van der Waals surface area contributed by atoms with E-state index < -0.39 is 15.9 Å². The molecule has 1 aromatic heterocycles. The summed E-state index contributed by atoms with van der Waals surface area (Å²) in [6, 6.07) is 13.1. The normalized spacial score (nSPS) is 20.3. The van der Waals surface area contributed by atoms with E-state index in [2.05, 4.69) is 15.2 Å². The van der Waals surface area contributed by atoms with E-state index in [1.54, 1.807) is 0 Å². The summed E-state index contributed by atoms with van der Waals surface area (Å²) in [7, 11) is -3.01. The first-order chi connectivity index (χ1) is 15.5. The Kier molecular flexibility index (Phi) is 7.42. The summed E-state index contributed by atoms with van der Waals surface area (Å²) in [5, 5.41) is 3.04. The van der Waals surface area contributed by atoms with E-state index in [1.165, 1.54) is 25.7 Å². The van der Waals surface area contributed by atoms with Crippen LogP contribution in [0.25, 0.3) is 0 Å². The number of pyridine rings is 1. The van der Waals surface area contributed by atoms with Crippen molar-refractivity contribution in [1.29, 1.82) is 0 Å². The molecule has 0 spiro atoms. The Morgan fingerprint density at radius 1 is 0.938 bits per heavy atom. The smallest absolute Gasteiger partial charge is 0.242 e. The lowest BCUT2D eigenvalue weighted by molar-refractivity contribution is -0.126. The van der Waals surface area contributed by atoms with Gasteiger partial charge < -0.3 is 10.2 Å². The number of aromatic nitrogens is 1. The van der Waals surface area contributed by atoms with Crippen LogP contribution >= 0.6 is 0 Å². The molecule has 0 radical (unpaired) electrons. The van der Waals surface area contributed by atoms with Crippen LogP contribution in [0.1, 0.15) is 42.9 Å². The topological polar surface area (TPSA) is 82.6 Å². The summed E-state index contributed by atoms with van der Waals surface area (Å²) in [6.45, 7) is 3.21. The highest BCUT2D eigenvalue weighted by atomic mass is 32.2. The van der Waals surface area contributed by atoms with Crippen LogP contribution in [0.5, 0.6) is 0 Å². The number of nitrogens with one attached hydrogen (secondary N) is 1. The van der Waals surface area contributed by atoms with E-state index in [-0.39, 0.29) is 17.4 Å². The fourth-order valence-electron chi connectivity index (χ4n) is 4.44. The van der Waals surface area contributed by atoms with Crippen molar-refractivity contribution in [3.05, 3.63) is 59.8 Å². The van der Waals surface area contributed by atoms with Crippen LogP contribution < -0.4 is 10.2 Å². The number of anilines is 1. The Balaban J connectivity index is 1.41. The lowest BCUT2D eigenvalue weighted by Gasteiger charge is -2.33. The second-order valence-corrected chi connectivity index (χ2v) is 10.9. The number of carbonyl (C=O) groups is 1. The van der Waals surface area contributed by atoms with E-state index in [0.29, 0.717) is 19.6 Å². The first kappa shape index (κ1) is 22.7. The SMILES string of the molecule is O=C(NCc1ccc(N2CCCCCC2)nc1)C(c1ccccc1)N1CCS(=O)(=O)CC1. The highest BCUT2D eigenvalue weighted by molar-refractivity contribution is 7.91. The Bertz CT molecular complexity index is 974. The zero-order valence-corrected chi connectivity index (χ0v) is 19.3. The molecule has 2 aliphatic heterocycles. The first-order valence-electron chi connectivity index (χ1n) is 11.5. The molecule has 1 amide bonds. The van der Waals surface area contributed by atoms with Gasteiger partial charge in [-0.2, -0.15) is 0 Å². The number of rotatable bonds is 6. The Hall–Kier alpha value is -2.45. The van der Waals surface area contributed by atoms with Crippen LogP contribution in [-0.4, -0.2) is 61.9 Å². The van der Waals surface area contributed by atoms with E-state index in [4.69, 9.17) is 0 Å². The van der Waals surface area contributed by atoms with E-state index in [9.17, 15) is 13.2 Å². The molecular formula is C24H32N4O3S. The van der Waals surface area contributed by atoms with E-state index in [0.717, 1.165) is 30.0 Å². The number of amides is 1. The van der Waals surface area contributed by atoms with Gasteiger partial charge in [-0.05, 0) is 30.0 Å². The van der Waals surface area contributed by atoms with E-state index in [1.807, 2.05) is 53.6 Å². The molecular weight excluding hydrogens is 424 g/mol. The minimum absolute atomic E-state index is 0.0888. The van der Waals surface area contributed by atoms with Crippen molar-refractivity contribution in [2.24, 2.45) is 0 Å². The first-order valence-corrected chi connectivity index (χ1v) is 13.3. The molecule has 0 saturated carbocycles. The van der Waals surface area contributed by atoms with Gasteiger partial charge in [-0.3, -0.25) is 9.69 Å². The molecule has 2 saturated heterocycles. The standard InChI is InChI=1S/C24H32N4O3S/c29-24(23(21-8-4-3-5-9-21)28-14-16-32(30,31)17-15-28)26-19-20-10-11-22(25-18-20)27-12-6-1-2-7-13-27/h3-5,8-11,18,23H,1-2,6-7,12-17,19H2,(H,26,29). The summed E-state index contributed by atoms with van der Waals surface area (Å²) in [6.07, 6.45) is 6.82. The fraction of sp³-hybridized carbons (Fsp3) is 0.500. The highest BCUT2D eigenvalue weighted by Crippen LogP contribution is 2.23. The Morgan fingerprint density at radius 2 is 1.62 bits per heavy atom. The summed E-state index contributed by atoms with van der Waals surface area (Å²) in [4.78, 5) is 22.1. The second-order valence-electron chi connectivity index (χ2n) is 8.64. The van der Waals surface area contributed by atoms with Crippen LogP contribution in [0.3, 0.4) is 0 Å². The molecule has 32 heavy (non-hydrogen) atoms. The maximum atomic E-state index is 13.2. The highest BCUT2D eigenvalue weighted by Gasteiger charge is 2.32. The van der Waals surface area contributed by atoms with Crippen LogP contribution in [-0.2, 0) is 21.2 Å². The molecule has 3 heterocycles. The van der Waals surface area contributed by atoms with Crippen LogP contribution in [0, 0.1) is 0 Å². The van der Waals surface area contributed by atoms with Crippen LogP contribution in [0.15, 0.2) is 48.7 Å². The summed E-state index contributed by atoms with van der Waals surface area (Å²) in [5.41, 5.74) is 1.82. The average Bonchev–Trinajstić information content (AvgIpc) is 3.10. The van der Waals surface area contributed by atoms with Crippen LogP contribution in [0.2, 0.25) is 0 Å². The molecule has 2 aromatic rings. The fourth-order valence-corrected chi connectivity index (χ4v) is 5.67. The molecule has 172 valence electrons. The zero-order chi connectivity index (χ0) is 22.4. The predicted molar refractivity (Wildman–Crippen MR) is 126 cm³/mol. The van der Waals surface area contributed by atoms with E-state index >= 15 is 0 Å². The molecule has 2 aliphatic rings. The Labute approximate surface area is 190 Å². The van der Waals surface area contributed by atoms with Gasteiger partial charge in [0.15, 0.2) is 9.84 Å². The number of nitrogens with zero attached hydrogens (tertiary/aromatic N) is 3. The monoisotopic (exact) mass is 456 g/mol. The third-order valence-electron chi connectivity index (χ3n) is 6.31. The van der Waals surface area contributed by atoms with Gasteiger partial charge >= 0.3 is 0 Å². The molecule has 0 aliphatic carbocycles. The molecule has 1 atom stereocenters. The predicted octanol–water partition coefficient (Wildman–Crippen LogP) is 2.55. The summed E-state index contributed by atoms with van der Waals surface area (Å²) in [5.74, 6) is 1.06. The molecule has 7 nitrogen and oxygen atoms in total. The van der Waals surface area contributed by atoms with Crippen molar-refractivity contribution in [3.63, 3.8) is 0 Å². The summed E-state index contributed by atoms with van der Waals surface area (Å²) >= 11 is 0. The minimum atomic E-state index is -3.01. The van der Waals surface area contributed by atoms with Gasteiger partial charge in [-0.25, -0.2) is 13.4 Å². The lowest BCUT2D eigenvalue weighted by Crippen LogP contribution is -2.47. The summed E-state index contributed by atoms with van der Waals surface area (Å²) < 4.78 is 23.7. The van der Waals surface area contributed by atoms with Gasteiger partial charge in [-0.1, -0.05) is 49.2 Å². The van der Waals surface area contributed by atoms with Crippen molar-refractivity contribution < 1.29 is 13.2 Å². The number of benzene rings is 1. The number of carbonyl (C=O) groups excluding carboxylic acids is 1. The lowest BCUT2D eigenvalue weighted by atomic mass is 10.0. The van der Waals surface area contributed by atoms with Crippen molar-refractivity contribution in [3.8, 4) is 0 Å². The third kappa shape index (κ3) is 5.86. The molecule has 2 fully saturated rings. The van der Waals surface area contributed by atoms with Crippen LogP contribution in [0.4, 0.5) is 5.82 Å². The van der Waals surface area contributed by atoms with Gasteiger partial charge in [-0.15, -0.1) is 0 Å². The zero-order valence-electron chi connectivity index (χ0n) is 18.4. The molecule has 1 N–H and O–H groups in total. The van der Waals surface area contributed by atoms with Crippen molar-refractivity contribution >= 4 is 21.6 Å².